The highest BCUT2D eigenvalue weighted by Gasteiger charge is 2.12. The number of fused-ring (bicyclic) bond motifs is 1. The number of amides is 1. The van der Waals surface area contributed by atoms with Crippen molar-refractivity contribution in [3.8, 4) is 11.5 Å². The van der Waals surface area contributed by atoms with Crippen LogP contribution in [0, 0.1) is 5.82 Å². The van der Waals surface area contributed by atoms with Gasteiger partial charge in [-0.1, -0.05) is 35.9 Å². The summed E-state index contributed by atoms with van der Waals surface area (Å²) in [5.74, 6) is 0.152. The quantitative estimate of drug-likeness (QED) is 0.259. The van der Waals surface area contributed by atoms with Crippen molar-refractivity contribution < 1.29 is 18.7 Å². The molecule has 1 heterocycles. The van der Waals surface area contributed by atoms with Gasteiger partial charge in [-0.2, -0.15) is 5.10 Å². The lowest BCUT2D eigenvalue weighted by molar-refractivity contribution is 0.0957. The van der Waals surface area contributed by atoms with Gasteiger partial charge in [-0.15, -0.1) is 0 Å². The van der Waals surface area contributed by atoms with E-state index in [1.165, 1.54) is 18.3 Å². The molecule has 0 aliphatic rings. The highest BCUT2D eigenvalue weighted by atomic mass is 35.5. The van der Waals surface area contributed by atoms with Gasteiger partial charge in [-0.05, 0) is 48.9 Å². The molecule has 0 bridgehead atoms. The number of carbonyl (C=O) groups is 1. The molecule has 0 radical (unpaired) electrons. The summed E-state index contributed by atoms with van der Waals surface area (Å²) in [5.41, 5.74) is 4.88. The van der Waals surface area contributed by atoms with E-state index in [-0.39, 0.29) is 18.1 Å². The van der Waals surface area contributed by atoms with E-state index in [4.69, 9.17) is 21.1 Å². The summed E-state index contributed by atoms with van der Waals surface area (Å²) in [4.78, 5) is 15.5. The summed E-state index contributed by atoms with van der Waals surface area (Å²) in [6, 6.07) is 17.2. The zero-order valence-electron chi connectivity index (χ0n) is 17.8. The molecular formula is C25H21ClFN3O3. The van der Waals surface area contributed by atoms with E-state index >= 15 is 0 Å². The topological polar surface area (TPSA) is 75.7 Å². The molecule has 0 spiro atoms. The third-order valence-electron chi connectivity index (χ3n) is 4.91. The molecule has 0 aliphatic heterocycles. The highest BCUT2D eigenvalue weighted by molar-refractivity contribution is 6.31. The first-order chi connectivity index (χ1) is 16.1. The molecule has 4 rings (SSSR count). The minimum atomic E-state index is -0.435. The molecule has 0 unspecified atom stereocenters. The molecular weight excluding hydrogens is 445 g/mol. The summed E-state index contributed by atoms with van der Waals surface area (Å²) in [6.07, 6.45) is 3.16. The maximum Gasteiger partial charge on any atom is 0.273 e. The molecule has 0 atom stereocenters. The average Bonchev–Trinajstić information content (AvgIpc) is 3.24. The Morgan fingerprint density at radius 2 is 1.97 bits per heavy atom. The van der Waals surface area contributed by atoms with Crippen LogP contribution >= 0.6 is 11.6 Å². The molecule has 33 heavy (non-hydrogen) atoms. The number of hydrogen-bond donors (Lipinski definition) is 2. The first-order valence-electron chi connectivity index (χ1n) is 10.3. The molecule has 8 heteroatoms. The van der Waals surface area contributed by atoms with E-state index in [0.717, 1.165) is 10.9 Å². The van der Waals surface area contributed by atoms with E-state index in [1.807, 2.05) is 31.2 Å². The van der Waals surface area contributed by atoms with Crippen molar-refractivity contribution in [2.75, 3.05) is 6.61 Å². The van der Waals surface area contributed by atoms with Gasteiger partial charge in [-0.25, -0.2) is 9.82 Å². The minimum absolute atomic E-state index is 0.0420. The number of nitrogens with one attached hydrogen (secondary N) is 2. The Hall–Kier alpha value is -3.84. The van der Waals surface area contributed by atoms with Crippen molar-refractivity contribution >= 4 is 34.6 Å². The summed E-state index contributed by atoms with van der Waals surface area (Å²) in [5, 5.41) is 5.16. The van der Waals surface area contributed by atoms with Gasteiger partial charge < -0.3 is 14.5 Å². The smallest absolute Gasteiger partial charge is 0.273 e. The Kier molecular flexibility index (Phi) is 6.90. The fraction of sp³-hybridized carbons (Fsp3) is 0.120. The predicted octanol–water partition coefficient (Wildman–Crippen LogP) is 5.70. The van der Waals surface area contributed by atoms with E-state index in [1.54, 1.807) is 30.5 Å². The number of nitrogens with zero attached hydrogens (tertiary/aromatic N) is 1. The van der Waals surface area contributed by atoms with Gasteiger partial charge in [0.1, 0.15) is 12.4 Å². The second-order valence-corrected chi connectivity index (χ2v) is 7.48. The zero-order chi connectivity index (χ0) is 23.2. The molecule has 6 nitrogen and oxygen atoms in total. The fourth-order valence-corrected chi connectivity index (χ4v) is 3.52. The van der Waals surface area contributed by atoms with Gasteiger partial charge in [0.2, 0.25) is 0 Å². The summed E-state index contributed by atoms with van der Waals surface area (Å²) >= 11 is 6.07. The van der Waals surface area contributed by atoms with Gasteiger partial charge in [0.25, 0.3) is 5.91 Å². The lowest BCUT2D eigenvalue weighted by Crippen LogP contribution is -2.17. The number of ether oxygens (including phenoxy) is 2. The molecule has 168 valence electrons. The molecule has 4 aromatic rings. The lowest BCUT2D eigenvalue weighted by Gasteiger charge is -2.13. The Balaban J connectivity index is 1.45. The highest BCUT2D eigenvalue weighted by Crippen LogP contribution is 2.30. The number of benzene rings is 3. The van der Waals surface area contributed by atoms with E-state index in [0.29, 0.717) is 34.3 Å². The van der Waals surface area contributed by atoms with Crippen molar-refractivity contribution in [2.45, 2.75) is 13.5 Å². The molecule has 3 aromatic carbocycles. The second-order valence-electron chi connectivity index (χ2n) is 7.08. The summed E-state index contributed by atoms with van der Waals surface area (Å²) in [6.45, 7) is 2.22. The first kappa shape index (κ1) is 22.4. The number of carbonyl (C=O) groups excluding carboxylic acids is 1. The third-order valence-corrected chi connectivity index (χ3v) is 5.27. The number of aromatic amines is 1. The fourth-order valence-electron chi connectivity index (χ4n) is 3.30. The Labute approximate surface area is 195 Å². The standard InChI is InChI=1S/C25H21ClFN3O3/c1-2-32-24-12-16(10-11-23(24)33-15-19-20(26)7-5-8-21(19)27)13-29-30-25(31)18-14-28-22-9-4-3-6-17(18)22/h3-14,28H,2,15H2,1H3,(H,30,31)/b29-13-. The van der Waals surface area contributed by atoms with Crippen LogP contribution < -0.4 is 14.9 Å². The number of para-hydroxylation sites is 1. The number of hydrogen-bond acceptors (Lipinski definition) is 4. The van der Waals surface area contributed by atoms with Gasteiger partial charge >= 0.3 is 0 Å². The van der Waals surface area contributed by atoms with Crippen LogP contribution in [0.25, 0.3) is 10.9 Å². The van der Waals surface area contributed by atoms with Crippen LogP contribution in [-0.2, 0) is 6.61 Å². The van der Waals surface area contributed by atoms with Crippen LogP contribution in [0.4, 0.5) is 4.39 Å². The number of rotatable bonds is 8. The Morgan fingerprint density at radius 3 is 2.79 bits per heavy atom. The normalized spacial score (nSPS) is 11.1. The third kappa shape index (κ3) is 5.15. The van der Waals surface area contributed by atoms with Crippen molar-refractivity contribution in [1.82, 2.24) is 10.4 Å². The number of halogens is 2. The maximum atomic E-state index is 14.0. The minimum Gasteiger partial charge on any atom is -0.490 e. The molecule has 1 amide bonds. The predicted molar refractivity (Wildman–Crippen MR) is 127 cm³/mol. The van der Waals surface area contributed by atoms with Crippen molar-refractivity contribution in [1.29, 1.82) is 0 Å². The van der Waals surface area contributed by atoms with Gasteiger partial charge in [-0.3, -0.25) is 4.79 Å². The Morgan fingerprint density at radius 1 is 1.12 bits per heavy atom. The molecule has 1 aromatic heterocycles. The molecule has 0 aliphatic carbocycles. The number of hydrazone groups is 1. The average molecular weight is 466 g/mol. The first-order valence-corrected chi connectivity index (χ1v) is 10.7. The molecule has 2 N–H and O–H groups in total. The van der Waals surface area contributed by atoms with Crippen LogP contribution in [0.2, 0.25) is 5.02 Å². The van der Waals surface area contributed by atoms with Crippen molar-refractivity contribution in [3.63, 3.8) is 0 Å². The number of H-pyrrole nitrogens is 1. The van der Waals surface area contributed by atoms with Crippen molar-refractivity contribution in [3.05, 3.63) is 94.4 Å². The summed E-state index contributed by atoms with van der Waals surface area (Å²) < 4.78 is 25.4. The van der Waals surface area contributed by atoms with Gasteiger partial charge in [0, 0.05) is 22.7 Å². The molecule has 0 saturated heterocycles. The monoisotopic (exact) mass is 465 g/mol. The maximum absolute atomic E-state index is 14.0. The largest absolute Gasteiger partial charge is 0.490 e. The molecule has 0 saturated carbocycles. The summed E-state index contributed by atoms with van der Waals surface area (Å²) in [7, 11) is 0. The van der Waals surface area contributed by atoms with Crippen LogP contribution in [0.1, 0.15) is 28.4 Å². The van der Waals surface area contributed by atoms with Crippen molar-refractivity contribution in [2.24, 2.45) is 5.10 Å². The van der Waals surface area contributed by atoms with E-state index < -0.39 is 5.82 Å². The Bertz CT molecular complexity index is 1300. The zero-order valence-corrected chi connectivity index (χ0v) is 18.5. The van der Waals surface area contributed by atoms with Gasteiger partial charge in [0.15, 0.2) is 11.5 Å². The van der Waals surface area contributed by atoms with Crippen LogP contribution in [-0.4, -0.2) is 23.7 Å². The van der Waals surface area contributed by atoms with E-state index in [2.05, 4.69) is 15.5 Å². The molecule has 0 fully saturated rings. The van der Waals surface area contributed by atoms with Crippen LogP contribution in [0.5, 0.6) is 11.5 Å². The number of aromatic nitrogens is 1. The van der Waals surface area contributed by atoms with Crippen LogP contribution in [0.15, 0.2) is 72.0 Å². The lowest BCUT2D eigenvalue weighted by atomic mass is 10.2. The SMILES string of the molecule is CCOc1cc(/C=N\NC(=O)c2c[nH]c3ccccc23)ccc1OCc1c(F)cccc1Cl. The van der Waals surface area contributed by atoms with Gasteiger partial charge in [0.05, 0.1) is 23.4 Å². The van der Waals surface area contributed by atoms with Crippen LogP contribution in [0.3, 0.4) is 0 Å². The second kappa shape index (κ2) is 10.2. The van der Waals surface area contributed by atoms with E-state index in [9.17, 15) is 9.18 Å².